The minimum atomic E-state index is 0.334. The van der Waals surface area contributed by atoms with E-state index in [-0.39, 0.29) is 0 Å². The quantitative estimate of drug-likeness (QED) is 0.929. The van der Waals surface area contributed by atoms with E-state index in [1.165, 1.54) is 0 Å². The van der Waals surface area contributed by atoms with E-state index in [9.17, 15) is 0 Å². The van der Waals surface area contributed by atoms with Gasteiger partial charge in [0.1, 0.15) is 17.6 Å². The van der Waals surface area contributed by atoms with Crippen molar-refractivity contribution >= 4 is 11.5 Å². The largest absolute Gasteiger partial charge is 0.367 e. The van der Waals surface area contributed by atoms with E-state index in [2.05, 4.69) is 26.4 Å². The van der Waals surface area contributed by atoms with Crippen molar-refractivity contribution < 1.29 is 0 Å². The second kappa shape index (κ2) is 5.83. The van der Waals surface area contributed by atoms with Crippen molar-refractivity contribution in [1.29, 1.82) is 5.26 Å². The zero-order valence-corrected chi connectivity index (χ0v) is 12.0. The van der Waals surface area contributed by atoms with Gasteiger partial charge in [0, 0.05) is 32.4 Å². The molecule has 1 saturated heterocycles. The van der Waals surface area contributed by atoms with Crippen LogP contribution in [-0.4, -0.2) is 33.9 Å². The Morgan fingerprint density at radius 2 is 2.33 bits per heavy atom. The van der Waals surface area contributed by atoms with Crippen LogP contribution in [0, 0.1) is 11.3 Å². The van der Waals surface area contributed by atoms with Gasteiger partial charge in [-0.2, -0.15) is 10.4 Å². The summed E-state index contributed by atoms with van der Waals surface area (Å²) in [5.41, 5.74) is 1.60. The lowest BCUT2D eigenvalue weighted by Crippen LogP contribution is -2.42. The first-order valence-corrected chi connectivity index (χ1v) is 7.12. The van der Waals surface area contributed by atoms with Crippen molar-refractivity contribution in [3.63, 3.8) is 0 Å². The van der Waals surface area contributed by atoms with E-state index < -0.39 is 0 Å². The van der Waals surface area contributed by atoms with Crippen LogP contribution in [0.15, 0.2) is 30.6 Å². The molecule has 0 aromatic carbocycles. The van der Waals surface area contributed by atoms with Crippen molar-refractivity contribution in [3.8, 4) is 6.07 Å². The fourth-order valence-corrected chi connectivity index (χ4v) is 2.69. The molecule has 0 aliphatic carbocycles. The number of nitriles is 1. The molecule has 3 rings (SSSR count). The monoisotopic (exact) mass is 282 g/mol. The van der Waals surface area contributed by atoms with Gasteiger partial charge in [0.15, 0.2) is 0 Å². The van der Waals surface area contributed by atoms with E-state index >= 15 is 0 Å². The van der Waals surface area contributed by atoms with Gasteiger partial charge < -0.3 is 10.2 Å². The summed E-state index contributed by atoms with van der Waals surface area (Å²) in [6.07, 6.45) is 6.17. The van der Waals surface area contributed by atoms with E-state index in [1.54, 1.807) is 6.07 Å². The molecule has 0 radical (unpaired) electrons. The average molecular weight is 282 g/mol. The molecule has 0 spiro atoms. The maximum absolute atomic E-state index is 8.90. The molecule has 3 heterocycles. The third kappa shape index (κ3) is 3.14. The molecular weight excluding hydrogens is 264 g/mol. The van der Waals surface area contributed by atoms with Crippen LogP contribution >= 0.6 is 0 Å². The summed E-state index contributed by atoms with van der Waals surface area (Å²) in [5, 5.41) is 16.6. The number of aromatic nitrogens is 3. The highest BCUT2D eigenvalue weighted by atomic mass is 15.3. The highest BCUT2D eigenvalue weighted by molar-refractivity contribution is 5.45. The third-order valence-corrected chi connectivity index (χ3v) is 3.69. The van der Waals surface area contributed by atoms with E-state index in [4.69, 9.17) is 5.26 Å². The summed E-state index contributed by atoms with van der Waals surface area (Å²) in [6.45, 7) is 1.97. The fourth-order valence-electron chi connectivity index (χ4n) is 2.69. The van der Waals surface area contributed by atoms with Crippen LogP contribution in [0.25, 0.3) is 0 Å². The average Bonchev–Trinajstić information content (AvgIpc) is 2.94. The molecule has 1 fully saturated rings. The Hall–Kier alpha value is -2.55. The maximum Gasteiger partial charge on any atom is 0.142 e. The summed E-state index contributed by atoms with van der Waals surface area (Å²) in [6, 6.07) is 7.88. The third-order valence-electron chi connectivity index (χ3n) is 3.69. The van der Waals surface area contributed by atoms with E-state index in [0.29, 0.717) is 11.7 Å². The molecule has 0 saturated carbocycles. The van der Waals surface area contributed by atoms with E-state index in [0.717, 1.165) is 37.4 Å². The number of hydrogen-bond donors (Lipinski definition) is 1. The molecule has 2 aromatic rings. The fraction of sp³-hybridized carbons (Fsp3) is 0.400. The van der Waals surface area contributed by atoms with Gasteiger partial charge in [-0.15, -0.1) is 0 Å². The first-order valence-electron chi connectivity index (χ1n) is 7.12. The Morgan fingerprint density at radius 3 is 3.10 bits per heavy atom. The van der Waals surface area contributed by atoms with Gasteiger partial charge in [0.05, 0.1) is 11.9 Å². The predicted molar refractivity (Wildman–Crippen MR) is 81.0 cm³/mol. The van der Waals surface area contributed by atoms with Gasteiger partial charge in [-0.05, 0) is 25.0 Å². The molecule has 21 heavy (non-hydrogen) atoms. The molecule has 1 atom stereocenters. The first kappa shape index (κ1) is 13.4. The number of nitrogens with zero attached hydrogens (tertiary/aromatic N) is 5. The van der Waals surface area contributed by atoms with Crippen LogP contribution in [0.4, 0.5) is 11.5 Å². The summed E-state index contributed by atoms with van der Waals surface area (Å²) >= 11 is 0. The molecule has 0 bridgehead atoms. The van der Waals surface area contributed by atoms with Crippen molar-refractivity contribution in [2.24, 2.45) is 7.05 Å². The van der Waals surface area contributed by atoms with Crippen LogP contribution in [0.2, 0.25) is 0 Å². The van der Waals surface area contributed by atoms with Gasteiger partial charge in [0.2, 0.25) is 0 Å². The molecule has 1 unspecified atom stereocenters. The Labute approximate surface area is 124 Å². The molecule has 0 amide bonds. The number of aryl methyl sites for hydroxylation is 1. The van der Waals surface area contributed by atoms with Crippen LogP contribution in [0.3, 0.4) is 0 Å². The standard InChI is InChI=1S/C15H18N6/c1-20-11-14(9-17-20)21-7-3-5-13(10-21)19-15-6-2-4-12(8-16)18-15/h2,4,6,9,11,13H,3,5,7,10H2,1H3,(H,18,19). The summed E-state index contributed by atoms with van der Waals surface area (Å²) < 4.78 is 1.82. The zero-order chi connectivity index (χ0) is 14.7. The molecular formula is C15H18N6. The number of nitrogens with one attached hydrogen (secondary N) is 1. The number of rotatable bonds is 3. The minimum Gasteiger partial charge on any atom is -0.367 e. The molecule has 2 aromatic heterocycles. The predicted octanol–water partition coefficient (Wildman–Crippen LogP) is 1.77. The second-order valence-electron chi connectivity index (χ2n) is 5.32. The lowest BCUT2D eigenvalue weighted by atomic mass is 10.1. The summed E-state index contributed by atoms with van der Waals surface area (Å²) in [7, 11) is 1.93. The molecule has 1 N–H and O–H groups in total. The number of pyridine rings is 1. The second-order valence-corrected chi connectivity index (χ2v) is 5.32. The van der Waals surface area contributed by atoms with Gasteiger partial charge in [-0.25, -0.2) is 4.98 Å². The number of hydrogen-bond acceptors (Lipinski definition) is 5. The lowest BCUT2D eigenvalue weighted by molar-refractivity contribution is 0.529. The van der Waals surface area contributed by atoms with Crippen molar-refractivity contribution in [2.75, 3.05) is 23.3 Å². The molecule has 6 heteroatoms. The van der Waals surface area contributed by atoms with Gasteiger partial charge in [0.25, 0.3) is 0 Å². The summed E-state index contributed by atoms with van der Waals surface area (Å²) in [4.78, 5) is 6.62. The van der Waals surface area contributed by atoms with Gasteiger partial charge >= 0.3 is 0 Å². The van der Waals surface area contributed by atoms with Gasteiger partial charge in [-0.1, -0.05) is 6.07 Å². The lowest BCUT2D eigenvalue weighted by Gasteiger charge is -2.34. The summed E-state index contributed by atoms with van der Waals surface area (Å²) in [5.74, 6) is 0.770. The molecule has 1 aliphatic heterocycles. The number of anilines is 2. The van der Waals surface area contributed by atoms with Crippen LogP contribution in [0.5, 0.6) is 0 Å². The maximum atomic E-state index is 8.90. The Morgan fingerprint density at radius 1 is 1.43 bits per heavy atom. The minimum absolute atomic E-state index is 0.334. The highest BCUT2D eigenvalue weighted by Crippen LogP contribution is 2.21. The molecule has 108 valence electrons. The van der Waals surface area contributed by atoms with Crippen molar-refractivity contribution in [1.82, 2.24) is 14.8 Å². The number of piperidine rings is 1. The van der Waals surface area contributed by atoms with Crippen molar-refractivity contribution in [2.45, 2.75) is 18.9 Å². The van der Waals surface area contributed by atoms with Crippen molar-refractivity contribution in [3.05, 3.63) is 36.3 Å². The van der Waals surface area contributed by atoms with Crippen LogP contribution in [0.1, 0.15) is 18.5 Å². The van der Waals surface area contributed by atoms with Crippen LogP contribution in [-0.2, 0) is 7.05 Å². The zero-order valence-electron chi connectivity index (χ0n) is 12.0. The Kier molecular flexibility index (Phi) is 3.73. The Balaban J connectivity index is 1.67. The van der Waals surface area contributed by atoms with E-state index in [1.807, 2.05) is 36.3 Å². The first-order chi connectivity index (χ1) is 10.2. The highest BCUT2D eigenvalue weighted by Gasteiger charge is 2.21. The topological polar surface area (TPSA) is 69.8 Å². The Bertz CT molecular complexity index is 656. The smallest absolute Gasteiger partial charge is 0.142 e. The molecule has 1 aliphatic rings. The van der Waals surface area contributed by atoms with Gasteiger partial charge in [-0.3, -0.25) is 4.68 Å². The molecule has 6 nitrogen and oxygen atoms in total. The normalized spacial score (nSPS) is 18.3. The SMILES string of the molecule is Cn1cc(N2CCCC(Nc3cccc(C#N)n3)C2)cn1. The van der Waals surface area contributed by atoms with Crippen LogP contribution < -0.4 is 10.2 Å².